The van der Waals surface area contributed by atoms with Crippen LogP contribution in [0.1, 0.15) is 47.5 Å². The Morgan fingerprint density at radius 3 is 1.90 bits per heavy atom. The van der Waals surface area contributed by atoms with Crippen molar-refractivity contribution in [3.8, 4) is 0 Å². The normalized spacial score (nSPS) is 17.2. The highest BCUT2D eigenvalue weighted by atomic mass is 19.4. The second-order valence-electron chi connectivity index (χ2n) is 6.55. The Morgan fingerprint density at radius 1 is 1.15 bits per heavy atom. The molecule has 2 unspecified atom stereocenters. The first kappa shape index (κ1) is 18.7. The van der Waals surface area contributed by atoms with Gasteiger partial charge in [-0.15, -0.1) is 0 Å². The van der Waals surface area contributed by atoms with Gasteiger partial charge in [0.25, 0.3) is 0 Å². The van der Waals surface area contributed by atoms with Gasteiger partial charge in [0.15, 0.2) is 0 Å². The highest BCUT2D eigenvalue weighted by Crippen LogP contribution is 2.31. The lowest BCUT2D eigenvalue weighted by molar-refractivity contribution is -0.207. The summed E-state index contributed by atoms with van der Waals surface area (Å²) in [6, 6.07) is 0. The highest BCUT2D eigenvalue weighted by molar-refractivity contribution is 5.87. The van der Waals surface area contributed by atoms with Gasteiger partial charge >= 0.3 is 12.1 Å². The van der Waals surface area contributed by atoms with Crippen LogP contribution in [0.3, 0.4) is 0 Å². The molecule has 0 aliphatic carbocycles. The summed E-state index contributed by atoms with van der Waals surface area (Å²) in [6.07, 6.45) is -4.55. The maximum Gasteiger partial charge on any atom is 0.422 e. The third-order valence-electron chi connectivity index (χ3n) is 2.88. The summed E-state index contributed by atoms with van der Waals surface area (Å²) in [5, 5.41) is 10.3. The van der Waals surface area contributed by atoms with Gasteiger partial charge in [-0.1, -0.05) is 27.7 Å². The molecule has 2 N–H and O–H groups in total. The molecular weight excluding hydrogens is 275 g/mol. The molecule has 0 saturated carbocycles. The third-order valence-corrected chi connectivity index (χ3v) is 2.88. The van der Waals surface area contributed by atoms with E-state index in [2.05, 4.69) is 0 Å². The quantitative estimate of drug-likeness (QED) is 0.820. The molecular formula is C13H22F3NO3. The number of hydrogen-bond donors (Lipinski definition) is 2. The molecule has 1 amide bonds. The largest absolute Gasteiger partial charge is 0.479 e. The molecule has 0 heterocycles. The van der Waals surface area contributed by atoms with Crippen LogP contribution < -0.4 is 5.32 Å². The molecule has 0 bridgehead atoms. The number of carbonyl (C=O) groups excluding carboxylic acids is 1. The van der Waals surface area contributed by atoms with Crippen LogP contribution >= 0.6 is 0 Å². The van der Waals surface area contributed by atoms with E-state index in [4.69, 9.17) is 5.11 Å². The van der Waals surface area contributed by atoms with E-state index in [0.29, 0.717) is 13.3 Å². The van der Waals surface area contributed by atoms with Crippen molar-refractivity contribution < 1.29 is 27.9 Å². The highest BCUT2D eigenvalue weighted by Gasteiger charge is 2.58. The summed E-state index contributed by atoms with van der Waals surface area (Å²) < 4.78 is 38.2. The number of carbonyl (C=O) groups is 2. The lowest BCUT2D eigenvalue weighted by Gasteiger charge is -2.29. The van der Waals surface area contributed by atoms with Crippen molar-refractivity contribution in [1.29, 1.82) is 0 Å². The predicted molar refractivity (Wildman–Crippen MR) is 68.1 cm³/mol. The topological polar surface area (TPSA) is 66.4 Å². The Morgan fingerprint density at radius 2 is 1.60 bits per heavy atom. The second-order valence-corrected chi connectivity index (χ2v) is 6.55. The summed E-state index contributed by atoms with van der Waals surface area (Å²) >= 11 is 0. The van der Waals surface area contributed by atoms with Crippen molar-refractivity contribution in [2.45, 2.75) is 59.2 Å². The van der Waals surface area contributed by atoms with E-state index in [0.717, 1.165) is 0 Å². The first-order chi connectivity index (χ1) is 8.69. The summed E-state index contributed by atoms with van der Waals surface area (Å²) in [5.41, 5.74) is -3.31. The van der Waals surface area contributed by atoms with Gasteiger partial charge < -0.3 is 10.4 Å². The van der Waals surface area contributed by atoms with Crippen LogP contribution in [0.5, 0.6) is 0 Å². The van der Waals surface area contributed by atoms with Crippen molar-refractivity contribution in [3.05, 3.63) is 0 Å². The van der Waals surface area contributed by atoms with Gasteiger partial charge in [-0.25, -0.2) is 4.79 Å². The van der Waals surface area contributed by atoms with Crippen LogP contribution in [0.4, 0.5) is 13.2 Å². The zero-order valence-electron chi connectivity index (χ0n) is 12.4. The fourth-order valence-corrected chi connectivity index (χ4v) is 2.01. The van der Waals surface area contributed by atoms with Crippen LogP contribution in [0, 0.1) is 11.3 Å². The van der Waals surface area contributed by atoms with E-state index >= 15 is 0 Å². The first-order valence-corrected chi connectivity index (χ1v) is 6.30. The predicted octanol–water partition coefficient (Wildman–Crippen LogP) is 2.97. The molecule has 0 saturated heterocycles. The van der Waals surface area contributed by atoms with Crippen LogP contribution in [0.15, 0.2) is 0 Å². The number of carboxylic acids is 1. The zero-order valence-corrected chi connectivity index (χ0v) is 12.4. The summed E-state index contributed by atoms with van der Waals surface area (Å²) in [7, 11) is 0. The van der Waals surface area contributed by atoms with E-state index in [1.807, 2.05) is 20.8 Å². The minimum atomic E-state index is -5.05. The van der Waals surface area contributed by atoms with Gasteiger partial charge in [0.1, 0.15) is 0 Å². The molecule has 0 fully saturated rings. The van der Waals surface area contributed by atoms with E-state index in [-0.39, 0.29) is 17.8 Å². The fourth-order valence-electron chi connectivity index (χ4n) is 2.01. The summed E-state index contributed by atoms with van der Waals surface area (Å²) in [5.74, 6) is -3.17. The summed E-state index contributed by atoms with van der Waals surface area (Å²) in [4.78, 5) is 22.4. The van der Waals surface area contributed by atoms with E-state index < -0.39 is 23.6 Å². The van der Waals surface area contributed by atoms with E-state index in [9.17, 15) is 22.8 Å². The Balaban J connectivity index is 4.78. The molecule has 0 aliphatic heterocycles. The molecule has 0 aromatic rings. The Hall–Kier alpha value is -1.27. The van der Waals surface area contributed by atoms with Crippen molar-refractivity contribution in [2.24, 2.45) is 11.3 Å². The third kappa shape index (κ3) is 5.38. The standard InChI is InChI=1S/C13H22F3NO3/c1-8(7-11(2,3)4)6-9(18)17-12(5,10(19)20)13(14,15)16/h8H,6-7H2,1-5H3,(H,17,18)(H,19,20). The average molecular weight is 297 g/mol. The number of halogens is 3. The van der Waals surface area contributed by atoms with Crippen LogP contribution in [0.2, 0.25) is 0 Å². The van der Waals surface area contributed by atoms with Crippen molar-refractivity contribution in [1.82, 2.24) is 5.32 Å². The van der Waals surface area contributed by atoms with Gasteiger partial charge in [-0.05, 0) is 24.7 Å². The molecule has 20 heavy (non-hydrogen) atoms. The smallest absolute Gasteiger partial charge is 0.422 e. The van der Waals surface area contributed by atoms with Gasteiger partial charge in [-0.3, -0.25) is 4.79 Å². The second kappa shape index (κ2) is 6.01. The number of carboxylic acid groups (broad SMARTS) is 1. The minimum absolute atomic E-state index is 0.0557. The molecule has 118 valence electrons. The summed E-state index contributed by atoms with van der Waals surface area (Å²) in [6.45, 7) is 8.06. The average Bonchev–Trinajstić information content (AvgIpc) is 2.10. The Kier molecular flexibility index (Phi) is 5.63. The number of nitrogens with one attached hydrogen (secondary N) is 1. The van der Waals surface area contributed by atoms with Crippen molar-refractivity contribution >= 4 is 11.9 Å². The number of hydrogen-bond acceptors (Lipinski definition) is 2. The van der Waals surface area contributed by atoms with Crippen LogP contribution in [0.25, 0.3) is 0 Å². The van der Waals surface area contributed by atoms with E-state index in [1.54, 1.807) is 12.2 Å². The molecule has 0 aromatic carbocycles. The Bertz CT molecular complexity index is 374. The van der Waals surface area contributed by atoms with Gasteiger partial charge in [-0.2, -0.15) is 13.2 Å². The van der Waals surface area contributed by atoms with Crippen molar-refractivity contribution in [2.75, 3.05) is 0 Å². The monoisotopic (exact) mass is 297 g/mol. The Labute approximate surface area is 116 Å². The van der Waals surface area contributed by atoms with Crippen LogP contribution in [-0.4, -0.2) is 28.7 Å². The number of aliphatic carboxylic acids is 1. The van der Waals surface area contributed by atoms with Gasteiger partial charge in [0, 0.05) is 6.42 Å². The molecule has 0 radical (unpaired) electrons. The molecule has 0 rings (SSSR count). The molecule has 0 aromatic heterocycles. The number of amides is 1. The van der Waals surface area contributed by atoms with Crippen molar-refractivity contribution in [3.63, 3.8) is 0 Å². The maximum atomic E-state index is 12.7. The lowest BCUT2D eigenvalue weighted by atomic mass is 9.84. The lowest BCUT2D eigenvalue weighted by Crippen LogP contribution is -2.62. The molecule has 0 aliphatic rings. The zero-order chi connectivity index (χ0) is 16.4. The van der Waals surface area contributed by atoms with Gasteiger partial charge in [0.2, 0.25) is 11.4 Å². The molecule has 0 spiro atoms. The van der Waals surface area contributed by atoms with E-state index in [1.165, 1.54) is 0 Å². The molecule has 2 atom stereocenters. The number of alkyl halides is 3. The van der Waals surface area contributed by atoms with Crippen LogP contribution in [-0.2, 0) is 9.59 Å². The van der Waals surface area contributed by atoms with Gasteiger partial charge in [0.05, 0.1) is 0 Å². The number of rotatable bonds is 5. The maximum absolute atomic E-state index is 12.7. The SMILES string of the molecule is CC(CC(=O)NC(C)(C(=O)O)C(F)(F)F)CC(C)(C)C. The fraction of sp³-hybridized carbons (Fsp3) is 0.846. The minimum Gasteiger partial charge on any atom is -0.479 e. The first-order valence-electron chi connectivity index (χ1n) is 6.30. The molecule has 7 heteroatoms. The molecule has 4 nitrogen and oxygen atoms in total.